The van der Waals surface area contributed by atoms with Gasteiger partial charge in [-0.15, -0.1) is 48.5 Å². The van der Waals surface area contributed by atoms with Gasteiger partial charge in [0.25, 0.3) is 0 Å². The predicted molar refractivity (Wildman–Crippen MR) is 93.8 cm³/mol. The van der Waals surface area contributed by atoms with E-state index < -0.39 is 0 Å². The molecule has 2 rings (SSSR count). The summed E-state index contributed by atoms with van der Waals surface area (Å²) in [6.45, 7) is 4.14. The van der Waals surface area contributed by atoms with Gasteiger partial charge in [0.15, 0.2) is 0 Å². The molecule has 0 saturated carbocycles. The van der Waals surface area contributed by atoms with Crippen molar-refractivity contribution >= 4 is 28.5 Å². The summed E-state index contributed by atoms with van der Waals surface area (Å²) in [7, 11) is 1.25. The van der Waals surface area contributed by atoms with Crippen LogP contribution in [-0.4, -0.2) is 0 Å². The van der Waals surface area contributed by atoms with Gasteiger partial charge in [-0.3, -0.25) is 0 Å². The van der Waals surface area contributed by atoms with Gasteiger partial charge in [0.2, 0.25) is 0 Å². The Morgan fingerprint density at radius 3 is 1.29 bits per heavy atom. The number of hydrogen-bond acceptors (Lipinski definition) is 0. The molecule has 2 aromatic carbocycles. The summed E-state index contributed by atoms with van der Waals surface area (Å²) in [6, 6.07) is 20.3. The molecular weight excluding hydrogens is 435 g/mol. The van der Waals surface area contributed by atoms with Crippen LogP contribution in [0.2, 0.25) is 0 Å². The van der Waals surface area contributed by atoms with Crippen molar-refractivity contribution < 1.29 is 10.9 Å². The van der Waals surface area contributed by atoms with Crippen LogP contribution in [0.25, 0.3) is 0 Å². The van der Waals surface area contributed by atoms with E-state index in [0.717, 1.165) is 22.3 Å². The maximum atomic E-state index is 3.38. The van der Waals surface area contributed by atoms with E-state index in [1.807, 2.05) is 36.4 Å². The molecule has 0 aliphatic rings. The van der Waals surface area contributed by atoms with E-state index in [2.05, 4.69) is 78.7 Å². The van der Waals surface area contributed by atoms with Gasteiger partial charge in [-0.05, 0) is 0 Å². The number of hydrogen-bond donors (Lipinski definition) is 0. The summed E-state index contributed by atoms with van der Waals surface area (Å²) < 4.78 is 0. The molecule has 0 bridgehead atoms. The van der Waals surface area contributed by atoms with Gasteiger partial charge in [0.05, 0.1) is 0 Å². The molecule has 0 atom stereocenters. The van der Waals surface area contributed by atoms with Gasteiger partial charge in [0, 0.05) is 0 Å². The van der Waals surface area contributed by atoms with Crippen molar-refractivity contribution in [2.24, 2.45) is 0 Å². The number of halogens is 2. The predicted octanol–water partition coefficient (Wildman–Crippen LogP) is 6.27. The Labute approximate surface area is 147 Å². The maximum absolute atomic E-state index is 3.38. The van der Waals surface area contributed by atoms with E-state index in [4.69, 9.17) is 0 Å². The number of allylic oxidation sites excluding steroid dienone is 2. The topological polar surface area (TPSA) is 0 Å². The van der Waals surface area contributed by atoms with Gasteiger partial charge in [-0.2, -0.15) is 23.3 Å². The van der Waals surface area contributed by atoms with Gasteiger partial charge in [-0.1, -0.05) is 26.0 Å². The molecule has 0 aliphatic heterocycles. The Morgan fingerprint density at radius 1 is 0.714 bits per heavy atom. The van der Waals surface area contributed by atoms with Gasteiger partial charge < -0.3 is 0 Å². The molecular formula is C18H16Br2Ni. The first-order chi connectivity index (χ1) is 10.2. The molecule has 0 nitrogen and oxygen atoms in total. The molecule has 21 heavy (non-hydrogen) atoms. The zero-order chi connectivity index (χ0) is 15.5. The Kier molecular flexibility index (Phi) is 9.66. The molecule has 0 saturated heterocycles. The molecule has 0 unspecified atom stereocenters. The van der Waals surface area contributed by atoms with Crippen LogP contribution in [0.1, 0.15) is 25.0 Å². The van der Waals surface area contributed by atoms with Crippen molar-refractivity contribution in [1.29, 1.82) is 0 Å². The van der Waals surface area contributed by atoms with Gasteiger partial charge in [-0.25, -0.2) is 11.1 Å². The van der Waals surface area contributed by atoms with E-state index in [1.165, 1.54) is 10.9 Å². The van der Waals surface area contributed by atoms with Crippen molar-refractivity contribution in [2.45, 2.75) is 13.8 Å². The number of rotatable bonds is 3. The quantitative estimate of drug-likeness (QED) is 0.294. The average molecular weight is 451 g/mol. The molecule has 0 radical (unpaired) electrons. The number of benzene rings is 2. The third-order valence-electron chi connectivity index (χ3n) is 2.77. The van der Waals surface area contributed by atoms with Gasteiger partial charge in [0.1, 0.15) is 0 Å². The molecule has 0 N–H and O–H groups in total. The first-order valence-electron chi connectivity index (χ1n) is 6.31. The SMILES string of the molecule is CC(=[C-]c1ccccc1)C(C)=[C-]c1ccccc1.[Br][Ni+2][Br]. The fourth-order valence-corrected chi connectivity index (χ4v) is 1.66. The molecule has 0 amide bonds. The summed E-state index contributed by atoms with van der Waals surface area (Å²) in [6.07, 6.45) is 6.76. The molecule has 2 aromatic rings. The first-order valence-corrected chi connectivity index (χ1v) is 11.2. The normalized spacial score (nSPS) is 11.8. The molecule has 0 fully saturated rings. The second kappa shape index (κ2) is 11.0. The van der Waals surface area contributed by atoms with Crippen LogP contribution in [0.3, 0.4) is 0 Å². The second-order valence-corrected chi connectivity index (χ2v) is 9.26. The van der Waals surface area contributed by atoms with Crippen LogP contribution in [0.5, 0.6) is 0 Å². The van der Waals surface area contributed by atoms with Gasteiger partial charge >= 0.3 is 39.3 Å². The van der Waals surface area contributed by atoms with Crippen LogP contribution in [-0.2, 0) is 10.9 Å². The minimum absolute atomic E-state index is 1.10. The summed E-state index contributed by atoms with van der Waals surface area (Å²) >= 11 is 6.00. The Balaban J connectivity index is 0.000000677. The van der Waals surface area contributed by atoms with E-state index in [9.17, 15) is 0 Å². The van der Waals surface area contributed by atoms with Crippen molar-refractivity contribution in [1.82, 2.24) is 0 Å². The van der Waals surface area contributed by atoms with Crippen molar-refractivity contribution in [3.8, 4) is 0 Å². The zero-order valence-corrected chi connectivity index (χ0v) is 16.0. The van der Waals surface area contributed by atoms with Crippen LogP contribution in [0.4, 0.5) is 0 Å². The van der Waals surface area contributed by atoms with E-state index in [-0.39, 0.29) is 0 Å². The molecule has 0 heterocycles. The van der Waals surface area contributed by atoms with Crippen LogP contribution in [0.15, 0.2) is 71.8 Å². The summed E-state index contributed by atoms with van der Waals surface area (Å²) in [5, 5.41) is 0. The van der Waals surface area contributed by atoms with Crippen molar-refractivity contribution in [3.05, 3.63) is 95.1 Å². The summed E-state index contributed by atoms with van der Waals surface area (Å²) in [5.74, 6) is 0. The molecule has 3 heteroatoms. The van der Waals surface area contributed by atoms with Crippen molar-refractivity contribution in [3.63, 3.8) is 0 Å². The zero-order valence-electron chi connectivity index (χ0n) is 11.8. The molecule has 112 valence electrons. The minimum atomic E-state index is 1.10. The standard InChI is InChI=1S/C18H16.2BrH.Ni/c1-15(13-17-9-5-3-6-10-17)16(2)14-18-11-7-4-8-12-18;;;/h3-12H,1-2H3;2*1H;/q-2;;;+4/p-2. The Bertz CT molecular complexity index is 521. The summed E-state index contributed by atoms with van der Waals surface area (Å²) in [5.41, 5.74) is 4.43. The fraction of sp³-hybridized carbons (Fsp3) is 0.111. The van der Waals surface area contributed by atoms with Crippen LogP contribution >= 0.6 is 28.5 Å². The Morgan fingerprint density at radius 2 is 1.00 bits per heavy atom. The Hall–Kier alpha value is -0.626. The van der Waals surface area contributed by atoms with E-state index in [1.54, 1.807) is 0 Å². The van der Waals surface area contributed by atoms with Crippen LogP contribution in [0, 0.1) is 12.2 Å². The molecule has 0 aromatic heterocycles. The monoisotopic (exact) mass is 448 g/mol. The average Bonchev–Trinajstić information content (AvgIpc) is 2.50. The fourth-order valence-electron chi connectivity index (χ4n) is 1.66. The summed E-state index contributed by atoms with van der Waals surface area (Å²) in [4.78, 5) is 0. The van der Waals surface area contributed by atoms with E-state index in [0.29, 0.717) is 0 Å². The third-order valence-corrected chi connectivity index (χ3v) is 2.77. The second-order valence-electron chi connectivity index (χ2n) is 4.28. The van der Waals surface area contributed by atoms with E-state index >= 15 is 0 Å². The first kappa shape index (κ1) is 18.4. The molecule has 0 aliphatic carbocycles. The van der Waals surface area contributed by atoms with Crippen LogP contribution < -0.4 is 0 Å². The van der Waals surface area contributed by atoms with Crippen molar-refractivity contribution in [2.75, 3.05) is 0 Å². The molecule has 0 spiro atoms. The third kappa shape index (κ3) is 7.80.